The van der Waals surface area contributed by atoms with Crippen molar-refractivity contribution in [3.63, 3.8) is 0 Å². The van der Waals surface area contributed by atoms with Crippen LogP contribution in [0.15, 0.2) is 22.7 Å². The summed E-state index contributed by atoms with van der Waals surface area (Å²) in [7, 11) is 1.76. The summed E-state index contributed by atoms with van der Waals surface area (Å²) in [5.41, 5.74) is 1.11. The number of nitrogens with one attached hydrogen (secondary N) is 1. The van der Waals surface area contributed by atoms with Crippen molar-refractivity contribution in [1.29, 1.82) is 0 Å². The lowest BCUT2D eigenvalue weighted by atomic mass is 9.95. The quantitative estimate of drug-likeness (QED) is 0.752. The largest absolute Gasteiger partial charge is 0.379 e. The average molecular weight is 349 g/mol. The number of hydrogen-bond donors (Lipinski definition) is 1. The maximum atomic E-state index is 6.11. The van der Waals surface area contributed by atoms with Crippen molar-refractivity contribution in [2.24, 2.45) is 0 Å². The summed E-state index contributed by atoms with van der Waals surface area (Å²) in [4.78, 5) is 0. The fourth-order valence-corrected chi connectivity index (χ4v) is 2.69. The van der Waals surface area contributed by atoms with Crippen molar-refractivity contribution in [1.82, 2.24) is 5.32 Å². The van der Waals surface area contributed by atoms with E-state index in [4.69, 9.17) is 16.3 Å². The smallest absolute Gasteiger partial charge is 0.0623 e. The molecule has 0 aliphatic carbocycles. The van der Waals surface area contributed by atoms with Crippen LogP contribution >= 0.6 is 27.5 Å². The summed E-state index contributed by atoms with van der Waals surface area (Å²) in [5, 5.41) is 4.29. The Morgan fingerprint density at radius 2 is 2.11 bits per heavy atom. The molecule has 1 rings (SSSR count). The number of benzene rings is 1. The Hall–Kier alpha value is -0.0900. The maximum absolute atomic E-state index is 6.11. The first kappa shape index (κ1) is 17.0. The summed E-state index contributed by atoms with van der Waals surface area (Å²) < 4.78 is 6.59. The van der Waals surface area contributed by atoms with E-state index < -0.39 is 0 Å². The molecule has 2 nitrogen and oxygen atoms in total. The average Bonchev–Trinajstić information content (AvgIpc) is 2.37. The third-order valence-electron chi connectivity index (χ3n) is 3.37. The van der Waals surface area contributed by atoms with Crippen molar-refractivity contribution in [2.45, 2.75) is 45.3 Å². The van der Waals surface area contributed by atoms with Gasteiger partial charge in [0.25, 0.3) is 0 Å². The zero-order chi connectivity index (χ0) is 14.5. The zero-order valence-corrected chi connectivity index (χ0v) is 14.4. The molecule has 1 atom stereocenters. The standard InChI is InChI=1S/C15H23BrClNO/c1-5-18-14(8-9-15(2,3)19-4)12-10-11(17)6-7-13(12)16/h6-7,10,14,18H,5,8-9H2,1-4H3. The first-order chi connectivity index (χ1) is 8.89. The van der Waals surface area contributed by atoms with E-state index in [0.29, 0.717) is 0 Å². The Morgan fingerprint density at radius 3 is 2.68 bits per heavy atom. The van der Waals surface area contributed by atoms with E-state index in [2.05, 4.69) is 42.0 Å². The van der Waals surface area contributed by atoms with E-state index >= 15 is 0 Å². The van der Waals surface area contributed by atoms with Crippen LogP contribution < -0.4 is 5.32 Å². The molecule has 0 heterocycles. The van der Waals surface area contributed by atoms with Crippen molar-refractivity contribution in [3.8, 4) is 0 Å². The maximum Gasteiger partial charge on any atom is 0.0623 e. The summed E-state index contributed by atoms with van der Waals surface area (Å²) in [6.07, 6.45) is 1.99. The van der Waals surface area contributed by atoms with Gasteiger partial charge in [0.2, 0.25) is 0 Å². The molecule has 0 amide bonds. The Labute approximate surface area is 130 Å². The highest BCUT2D eigenvalue weighted by molar-refractivity contribution is 9.10. The van der Waals surface area contributed by atoms with Crippen LogP contribution in [-0.4, -0.2) is 19.3 Å². The Morgan fingerprint density at radius 1 is 1.42 bits per heavy atom. The number of halogens is 2. The highest BCUT2D eigenvalue weighted by atomic mass is 79.9. The number of ether oxygens (including phenoxy) is 1. The SMILES string of the molecule is CCNC(CCC(C)(C)OC)c1cc(Cl)ccc1Br. The Bertz CT molecular complexity index is 409. The second-order valence-electron chi connectivity index (χ2n) is 5.28. The van der Waals surface area contributed by atoms with Crippen LogP contribution in [0.4, 0.5) is 0 Å². The van der Waals surface area contributed by atoms with Gasteiger partial charge in [-0.2, -0.15) is 0 Å². The Balaban J connectivity index is 2.85. The molecule has 108 valence electrons. The highest BCUT2D eigenvalue weighted by Crippen LogP contribution is 2.31. The molecule has 1 unspecified atom stereocenters. The van der Waals surface area contributed by atoms with Crippen LogP contribution in [0.3, 0.4) is 0 Å². The van der Waals surface area contributed by atoms with Gasteiger partial charge in [0, 0.05) is 22.6 Å². The third-order valence-corrected chi connectivity index (χ3v) is 4.33. The Kier molecular flexibility index (Phi) is 6.81. The lowest BCUT2D eigenvalue weighted by Crippen LogP contribution is -2.27. The molecule has 1 N–H and O–H groups in total. The lowest BCUT2D eigenvalue weighted by Gasteiger charge is -2.27. The molecule has 0 aromatic heterocycles. The molecule has 0 bridgehead atoms. The summed E-state index contributed by atoms with van der Waals surface area (Å²) >= 11 is 9.71. The minimum Gasteiger partial charge on any atom is -0.379 e. The van der Waals surface area contributed by atoms with Gasteiger partial charge in [0.15, 0.2) is 0 Å². The molecule has 0 aliphatic heterocycles. The first-order valence-electron chi connectivity index (χ1n) is 6.63. The molecule has 1 aromatic rings. The normalized spacial score (nSPS) is 13.6. The van der Waals surface area contributed by atoms with E-state index in [9.17, 15) is 0 Å². The van der Waals surface area contributed by atoms with Crippen molar-refractivity contribution < 1.29 is 4.74 Å². The molecule has 0 radical (unpaired) electrons. The van der Waals surface area contributed by atoms with Gasteiger partial charge in [0.05, 0.1) is 5.60 Å². The van der Waals surface area contributed by atoms with Crippen LogP contribution in [0, 0.1) is 0 Å². The number of rotatable bonds is 7. The second-order valence-corrected chi connectivity index (χ2v) is 6.57. The monoisotopic (exact) mass is 347 g/mol. The summed E-state index contributed by atoms with van der Waals surface area (Å²) in [6.45, 7) is 7.27. The van der Waals surface area contributed by atoms with Crippen LogP contribution in [-0.2, 0) is 4.74 Å². The van der Waals surface area contributed by atoms with Gasteiger partial charge in [0.1, 0.15) is 0 Å². The van der Waals surface area contributed by atoms with Gasteiger partial charge >= 0.3 is 0 Å². The van der Waals surface area contributed by atoms with Crippen LogP contribution in [0.1, 0.15) is 45.2 Å². The lowest BCUT2D eigenvalue weighted by molar-refractivity contribution is 0.0117. The molecule has 4 heteroatoms. The van der Waals surface area contributed by atoms with Crippen molar-refractivity contribution in [3.05, 3.63) is 33.3 Å². The zero-order valence-electron chi connectivity index (χ0n) is 12.1. The van der Waals surface area contributed by atoms with E-state index in [-0.39, 0.29) is 11.6 Å². The molecule has 0 spiro atoms. The third kappa shape index (κ3) is 5.42. The fourth-order valence-electron chi connectivity index (χ4n) is 1.99. The van der Waals surface area contributed by atoms with Crippen molar-refractivity contribution >= 4 is 27.5 Å². The van der Waals surface area contributed by atoms with Gasteiger partial charge in [-0.1, -0.05) is 34.5 Å². The first-order valence-corrected chi connectivity index (χ1v) is 7.80. The minimum absolute atomic E-state index is 0.0985. The fraction of sp³-hybridized carbons (Fsp3) is 0.600. The van der Waals surface area contributed by atoms with E-state index in [1.54, 1.807) is 7.11 Å². The van der Waals surface area contributed by atoms with Gasteiger partial charge in [-0.25, -0.2) is 0 Å². The van der Waals surface area contributed by atoms with E-state index in [0.717, 1.165) is 28.9 Å². The predicted molar refractivity (Wildman–Crippen MR) is 85.9 cm³/mol. The van der Waals surface area contributed by atoms with Crippen LogP contribution in [0.2, 0.25) is 5.02 Å². The topological polar surface area (TPSA) is 21.3 Å². The summed E-state index contributed by atoms with van der Waals surface area (Å²) in [6, 6.07) is 6.21. The van der Waals surface area contributed by atoms with Crippen LogP contribution in [0.5, 0.6) is 0 Å². The van der Waals surface area contributed by atoms with Gasteiger partial charge in [-0.15, -0.1) is 0 Å². The van der Waals surface area contributed by atoms with E-state index in [1.807, 2.05) is 18.2 Å². The molecule has 0 aliphatic rings. The number of methoxy groups -OCH3 is 1. The second kappa shape index (κ2) is 7.63. The molecule has 1 aromatic carbocycles. The van der Waals surface area contributed by atoms with Gasteiger partial charge in [-0.3, -0.25) is 0 Å². The predicted octanol–water partition coefficient (Wildman–Crippen LogP) is 4.96. The molecule has 19 heavy (non-hydrogen) atoms. The van der Waals surface area contributed by atoms with Gasteiger partial charge < -0.3 is 10.1 Å². The molecule has 0 saturated carbocycles. The van der Waals surface area contributed by atoms with E-state index in [1.165, 1.54) is 5.56 Å². The highest BCUT2D eigenvalue weighted by Gasteiger charge is 2.21. The summed E-state index contributed by atoms with van der Waals surface area (Å²) in [5.74, 6) is 0. The molecule has 0 saturated heterocycles. The minimum atomic E-state index is -0.0985. The molecular weight excluding hydrogens is 326 g/mol. The molecular formula is C15H23BrClNO. The van der Waals surface area contributed by atoms with Crippen LogP contribution in [0.25, 0.3) is 0 Å². The van der Waals surface area contributed by atoms with Crippen molar-refractivity contribution in [2.75, 3.05) is 13.7 Å². The number of hydrogen-bond acceptors (Lipinski definition) is 2. The van der Waals surface area contributed by atoms with Gasteiger partial charge in [-0.05, 0) is 57.0 Å². The molecule has 0 fully saturated rings.